The van der Waals surface area contributed by atoms with Crippen LogP contribution in [0.1, 0.15) is 11.3 Å². The second-order valence-electron chi connectivity index (χ2n) is 6.85. The SMILES string of the molecule is Cc1ccc(NC(=O)Nc2cc(-c3ccccc3)nn2-c2nc(C)cc(=O)[nH]2)cc1. The Balaban J connectivity index is 1.69. The monoisotopic (exact) mass is 400 g/mol. The average Bonchev–Trinajstić information content (AvgIpc) is 3.13. The summed E-state index contributed by atoms with van der Waals surface area (Å²) in [5, 5.41) is 10.1. The molecule has 2 aromatic carbocycles. The zero-order valence-electron chi connectivity index (χ0n) is 16.5. The first-order valence-corrected chi connectivity index (χ1v) is 9.36. The highest BCUT2D eigenvalue weighted by Crippen LogP contribution is 2.23. The van der Waals surface area contributed by atoms with Crippen LogP contribution in [0.2, 0.25) is 0 Å². The summed E-state index contributed by atoms with van der Waals surface area (Å²) in [7, 11) is 0. The fraction of sp³-hybridized carbons (Fsp3) is 0.0909. The molecule has 0 spiro atoms. The van der Waals surface area contributed by atoms with E-state index in [1.807, 2.05) is 61.5 Å². The van der Waals surface area contributed by atoms with Gasteiger partial charge >= 0.3 is 6.03 Å². The molecule has 3 N–H and O–H groups in total. The summed E-state index contributed by atoms with van der Waals surface area (Å²) >= 11 is 0. The third-order valence-corrected chi connectivity index (χ3v) is 4.39. The number of nitrogens with zero attached hydrogens (tertiary/aromatic N) is 3. The Labute approximate surface area is 172 Å². The second kappa shape index (κ2) is 8.04. The highest BCUT2D eigenvalue weighted by molar-refractivity contribution is 5.99. The average molecular weight is 400 g/mol. The molecule has 0 saturated carbocycles. The van der Waals surface area contributed by atoms with Gasteiger partial charge in [-0.2, -0.15) is 9.78 Å². The number of benzene rings is 2. The normalized spacial score (nSPS) is 10.6. The number of nitrogens with one attached hydrogen (secondary N) is 3. The lowest BCUT2D eigenvalue weighted by Gasteiger charge is -2.09. The van der Waals surface area contributed by atoms with Gasteiger partial charge < -0.3 is 5.32 Å². The number of carbonyl (C=O) groups excluding carboxylic acids is 1. The first kappa shape index (κ1) is 19.1. The van der Waals surface area contributed by atoms with Crippen LogP contribution >= 0.6 is 0 Å². The predicted octanol–water partition coefficient (Wildman–Crippen LogP) is 3.88. The number of anilines is 2. The Morgan fingerprint density at radius 2 is 1.70 bits per heavy atom. The van der Waals surface area contributed by atoms with E-state index in [1.54, 1.807) is 13.0 Å². The Morgan fingerprint density at radius 1 is 0.967 bits per heavy atom. The van der Waals surface area contributed by atoms with Crippen LogP contribution in [0.5, 0.6) is 0 Å². The van der Waals surface area contributed by atoms with Crippen molar-refractivity contribution in [3.8, 4) is 17.2 Å². The highest BCUT2D eigenvalue weighted by atomic mass is 16.2. The highest BCUT2D eigenvalue weighted by Gasteiger charge is 2.15. The van der Waals surface area contributed by atoms with Gasteiger partial charge in [0.2, 0.25) is 5.95 Å². The maximum atomic E-state index is 12.6. The maximum Gasteiger partial charge on any atom is 0.324 e. The minimum absolute atomic E-state index is 0.216. The molecule has 30 heavy (non-hydrogen) atoms. The summed E-state index contributed by atoms with van der Waals surface area (Å²) in [5.74, 6) is 0.583. The third kappa shape index (κ3) is 4.27. The zero-order valence-corrected chi connectivity index (χ0v) is 16.5. The van der Waals surface area contributed by atoms with Crippen molar-refractivity contribution in [2.45, 2.75) is 13.8 Å². The summed E-state index contributed by atoms with van der Waals surface area (Å²) in [6.07, 6.45) is 0. The van der Waals surface area contributed by atoms with Crippen molar-refractivity contribution in [1.82, 2.24) is 19.7 Å². The Kier molecular flexibility index (Phi) is 5.13. The number of aromatic amines is 1. The van der Waals surface area contributed by atoms with Crippen LogP contribution in [0, 0.1) is 13.8 Å². The molecule has 0 saturated heterocycles. The molecule has 2 aromatic heterocycles. The number of H-pyrrole nitrogens is 1. The number of rotatable bonds is 4. The lowest BCUT2D eigenvalue weighted by atomic mass is 10.2. The molecule has 2 heterocycles. The molecule has 0 fully saturated rings. The van der Waals surface area contributed by atoms with Crippen LogP contribution in [-0.4, -0.2) is 25.8 Å². The van der Waals surface area contributed by atoms with E-state index in [9.17, 15) is 9.59 Å². The maximum absolute atomic E-state index is 12.6. The van der Waals surface area contributed by atoms with Crippen LogP contribution < -0.4 is 16.2 Å². The Morgan fingerprint density at radius 3 is 2.40 bits per heavy atom. The van der Waals surface area contributed by atoms with Gasteiger partial charge in [0.15, 0.2) is 0 Å². The quantitative estimate of drug-likeness (QED) is 0.483. The molecule has 0 unspecified atom stereocenters. The number of urea groups is 1. The second-order valence-corrected chi connectivity index (χ2v) is 6.85. The van der Waals surface area contributed by atoms with E-state index in [0.717, 1.165) is 11.1 Å². The van der Waals surface area contributed by atoms with E-state index >= 15 is 0 Å². The Hall–Kier alpha value is -4.20. The molecule has 0 aliphatic heterocycles. The fourth-order valence-corrected chi connectivity index (χ4v) is 2.96. The molecular formula is C22H20N6O2. The standard InChI is InChI=1S/C22H20N6O2/c1-14-8-10-17(11-9-14)24-22(30)25-19-13-18(16-6-4-3-5-7-16)27-28(19)21-23-15(2)12-20(29)26-21/h3-13H,1-2H3,(H,23,26,29)(H2,24,25,30). The summed E-state index contributed by atoms with van der Waals surface area (Å²) in [6.45, 7) is 3.70. The minimum atomic E-state index is -0.436. The molecule has 150 valence electrons. The van der Waals surface area contributed by atoms with Gasteiger partial charge in [-0.3, -0.25) is 15.1 Å². The van der Waals surface area contributed by atoms with E-state index < -0.39 is 6.03 Å². The van der Waals surface area contributed by atoms with Crippen molar-refractivity contribution in [3.05, 3.63) is 88.3 Å². The van der Waals surface area contributed by atoms with Crippen LogP contribution in [0.15, 0.2) is 71.5 Å². The van der Waals surface area contributed by atoms with Gasteiger partial charge in [-0.15, -0.1) is 0 Å². The molecule has 0 bridgehead atoms. The molecule has 8 nitrogen and oxygen atoms in total. The van der Waals surface area contributed by atoms with Crippen molar-refractivity contribution >= 4 is 17.5 Å². The molecule has 2 amide bonds. The van der Waals surface area contributed by atoms with Gasteiger partial charge in [-0.1, -0.05) is 48.0 Å². The Bertz CT molecular complexity index is 1240. The summed E-state index contributed by atoms with van der Waals surface area (Å²) in [5.41, 5.74) is 3.50. The number of aromatic nitrogens is 4. The van der Waals surface area contributed by atoms with Gasteiger partial charge in [-0.05, 0) is 26.0 Å². The van der Waals surface area contributed by atoms with Crippen molar-refractivity contribution in [2.24, 2.45) is 0 Å². The van der Waals surface area contributed by atoms with Gasteiger partial charge in [-0.25, -0.2) is 9.78 Å². The van der Waals surface area contributed by atoms with Crippen LogP contribution in [-0.2, 0) is 0 Å². The molecule has 4 aromatic rings. The summed E-state index contributed by atoms with van der Waals surface area (Å²) < 4.78 is 1.41. The first-order chi connectivity index (χ1) is 14.5. The van der Waals surface area contributed by atoms with Crippen molar-refractivity contribution in [1.29, 1.82) is 0 Å². The van der Waals surface area contributed by atoms with Crippen molar-refractivity contribution in [3.63, 3.8) is 0 Å². The number of hydrogen-bond donors (Lipinski definition) is 3. The summed E-state index contributed by atoms with van der Waals surface area (Å²) in [6, 6.07) is 19.7. The van der Waals surface area contributed by atoms with E-state index in [4.69, 9.17) is 0 Å². The number of amides is 2. The van der Waals surface area contributed by atoms with E-state index in [2.05, 4.69) is 25.7 Å². The largest absolute Gasteiger partial charge is 0.324 e. The van der Waals surface area contributed by atoms with E-state index in [1.165, 1.54) is 10.7 Å². The van der Waals surface area contributed by atoms with E-state index in [-0.39, 0.29) is 11.5 Å². The first-order valence-electron chi connectivity index (χ1n) is 9.36. The molecule has 0 radical (unpaired) electrons. The zero-order chi connectivity index (χ0) is 21.1. The van der Waals surface area contributed by atoms with Crippen LogP contribution in [0.3, 0.4) is 0 Å². The molecule has 0 aliphatic carbocycles. The fourth-order valence-electron chi connectivity index (χ4n) is 2.96. The predicted molar refractivity (Wildman–Crippen MR) is 116 cm³/mol. The number of hydrogen-bond acceptors (Lipinski definition) is 4. The summed E-state index contributed by atoms with van der Waals surface area (Å²) in [4.78, 5) is 31.5. The lowest BCUT2D eigenvalue weighted by molar-refractivity contribution is 0.262. The van der Waals surface area contributed by atoms with E-state index in [0.29, 0.717) is 22.9 Å². The number of aryl methyl sites for hydroxylation is 2. The van der Waals surface area contributed by atoms with Crippen molar-refractivity contribution in [2.75, 3.05) is 10.6 Å². The smallest absolute Gasteiger partial charge is 0.308 e. The molecular weight excluding hydrogens is 380 g/mol. The molecule has 8 heteroatoms. The van der Waals surface area contributed by atoms with Gasteiger partial charge in [0.1, 0.15) is 5.82 Å². The van der Waals surface area contributed by atoms with Gasteiger partial charge in [0.05, 0.1) is 5.69 Å². The third-order valence-electron chi connectivity index (χ3n) is 4.39. The molecule has 0 aliphatic rings. The van der Waals surface area contributed by atoms with Crippen molar-refractivity contribution < 1.29 is 4.79 Å². The molecule has 4 rings (SSSR count). The topological polar surface area (TPSA) is 105 Å². The van der Waals surface area contributed by atoms with Crippen LogP contribution in [0.4, 0.5) is 16.3 Å². The van der Waals surface area contributed by atoms with Gasteiger partial charge in [0.25, 0.3) is 5.56 Å². The minimum Gasteiger partial charge on any atom is -0.308 e. The molecule has 0 atom stereocenters. The van der Waals surface area contributed by atoms with Crippen LogP contribution in [0.25, 0.3) is 17.2 Å². The lowest BCUT2D eigenvalue weighted by Crippen LogP contribution is -2.22. The number of carbonyl (C=O) groups is 1. The van der Waals surface area contributed by atoms with Gasteiger partial charge in [0, 0.05) is 29.1 Å².